The highest BCUT2D eigenvalue weighted by atomic mass is 16.5. The number of nitrogens with zero attached hydrogens (tertiary/aromatic N) is 2. The van der Waals surface area contributed by atoms with Crippen LogP contribution in [0.3, 0.4) is 0 Å². The topological polar surface area (TPSA) is 77.2 Å². The molecule has 1 N–H and O–H groups in total. The Bertz CT molecular complexity index is 839. The van der Waals surface area contributed by atoms with Gasteiger partial charge in [-0.05, 0) is 48.3 Å². The highest BCUT2D eigenvalue weighted by Gasteiger charge is 2.11. The molecule has 6 nitrogen and oxygen atoms in total. The fourth-order valence-corrected chi connectivity index (χ4v) is 2.22. The van der Waals surface area contributed by atoms with E-state index < -0.39 is 0 Å². The Labute approximate surface area is 145 Å². The summed E-state index contributed by atoms with van der Waals surface area (Å²) in [6, 6.07) is 15.3. The molecule has 0 radical (unpaired) electrons. The minimum Gasteiger partial charge on any atom is -0.484 e. The quantitative estimate of drug-likeness (QED) is 0.743. The van der Waals surface area contributed by atoms with Gasteiger partial charge in [0.25, 0.3) is 17.7 Å². The molecule has 0 aliphatic rings. The number of carbonyl (C=O) groups excluding carboxylic acids is 1. The molecule has 1 aromatic heterocycles. The first-order valence-electron chi connectivity index (χ1n) is 8.06. The van der Waals surface area contributed by atoms with E-state index >= 15 is 0 Å². The number of hydrogen-bond acceptors (Lipinski definition) is 5. The van der Waals surface area contributed by atoms with Gasteiger partial charge >= 0.3 is 0 Å². The van der Waals surface area contributed by atoms with Crippen molar-refractivity contribution < 1.29 is 14.1 Å². The van der Waals surface area contributed by atoms with Crippen LogP contribution in [0.15, 0.2) is 53.1 Å². The van der Waals surface area contributed by atoms with Crippen molar-refractivity contribution in [2.45, 2.75) is 20.3 Å². The molecule has 0 saturated heterocycles. The van der Waals surface area contributed by atoms with E-state index in [4.69, 9.17) is 9.26 Å². The second-order valence-electron chi connectivity index (χ2n) is 5.62. The molecule has 6 heteroatoms. The molecule has 0 aliphatic carbocycles. The van der Waals surface area contributed by atoms with Gasteiger partial charge in [-0.2, -0.15) is 4.98 Å². The maximum Gasteiger partial charge on any atom is 0.270 e. The summed E-state index contributed by atoms with van der Waals surface area (Å²) in [4.78, 5) is 16.1. The first-order valence-corrected chi connectivity index (χ1v) is 8.06. The van der Waals surface area contributed by atoms with E-state index in [0.717, 1.165) is 17.5 Å². The van der Waals surface area contributed by atoms with Gasteiger partial charge in [-0.15, -0.1) is 0 Å². The SMILES string of the molecule is CCc1ccc(OCC(=O)Nc2noc(-c3ccc(C)cc3)n2)cc1. The molecule has 3 rings (SSSR count). The van der Waals surface area contributed by atoms with E-state index in [9.17, 15) is 4.79 Å². The minimum absolute atomic E-state index is 0.116. The normalized spacial score (nSPS) is 10.5. The summed E-state index contributed by atoms with van der Waals surface area (Å²) in [5.41, 5.74) is 3.15. The number of amides is 1. The van der Waals surface area contributed by atoms with Crippen molar-refractivity contribution in [1.29, 1.82) is 0 Å². The third-order valence-corrected chi connectivity index (χ3v) is 3.68. The first-order chi connectivity index (χ1) is 12.1. The van der Waals surface area contributed by atoms with Crippen LogP contribution in [0.4, 0.5) is 5.95 Å². The number of hydrogen-bond donors (Lipinski definition) is 1. The molecule has 2 aromatic carbocycles. The predicted octanol–water partition coefficient (Wildman–Crippen LogP) is 3.62. The number of benzene rings is 2. The van der Waals surface area contributed by atoms with Crippen LogP contribution in [0.2, 0.25) is 0 Å². The Morgan fingerprint density at radius 1 is 1.12 bits per heavy atom. The van der Waals surface area contributed by atoms with Crippen molar-refractivity contribution in [3.05, 3.63) is 59.7 Å². The van der Waals surface area contributed by atoms with Gasteiger partial charge in [0.1, 0.15) is 5.75 Å². The van der Waals surface area contributed by atoms with Gasteiger partial charge in [-0.1, -0.05) is 36.8 Å². The molecule has 128 valence electrons. The Morgan fingerprint density at radius 3 is 2.52 bits per heavy atom. The van der Waals surface area contributed by atoms with Crippen LogP contribution in [0.5, 0.6) is 5.75 Å². The minimum atomic E-state index is -0.351. The molecule has 3 aromatic rings. The van der Waals surface area contributed by atoms with E-state index in [1.807, 2.05) is 55.5 Å². The van der Waals surface area contributed by atoms with Crippen molar-refractivity contribution in [1.82, 2.24) is 10.1 Å². The van der Waals surface area contributed by atoms with E-state index in [1.165, 1.54) is 5.56 Å². The number of aryl methyl sites for hydroxylation is 2. The molecule has 1 amide bonds. The van der Waals surface area contributed by atoms with E-state index in [0.29, 0.717) is 11.6 Å². The third-order valence-electron chi connectivity index (χ3n) is 3.68. The average Bonchev–Trinajstić information content (AvgIpc) is 3.09. The highest BCUT2D eigenvalue weighted by Crippen LogP contribution is 2.19. The number of carbonyl (C=O) groups is 1. The number of anilines is 1. The second-order valence-corrected chi connectivity index (χ2v) is 5.62. The maximum absolute atomic E-state index is 11.9. The summed E-state index contributed by atoms with van der Waals surface area (Å²) in [5.74, 6) is 0.758. The summed E-state index contributed by atoms with van der Waals surface area (Å²) < 4.78 is 10.6. The van der Waals surface area contributed by atoms with Crippen LogP contribution in [0.1, 0.15) is 18.1 Å². The van der Waals surface area contributed by atoms with Crippen molar-refractivity contribution in [2.75, 3.05) is 11.9 Å². The summed E-state index contributed by atoms with van der Waals surface area (Å²) in [6.45, 7) is 3.96. The molecule has 1 heterocycles. The molecule has 0 unspecified atom stereocenters. The molecule has 0 bridgehead atoms. The number of rotatable bonds is 6. The zero-order valence-electron chi connectivity index (χ0n) is 14.2. The number of aromatic nitrogens is 2. The summed E-state index contributed by atoms with van der Waals surface area (Å²) in [5, 5.41) is 6.32. The van der Waals surface area contributed by atoms with Crippen LogP contribution >= 0.6 is 0 Å². The van der Waals surface area contributed by atoms with Gasteiger partial charge in [0.05, 0.1) is 0 Å². The van der Waals surface area contributed by atoms with Gasteiger partial charge in [0.15, 0.2) is 6.61 Å². The third kappa shape index (κ3) is 4.44. The van der Waals surface area contributed by atoms with E-state index in [2.05, 4.69) is 22.4 Å². The largest absolute Gasteiger partial charge is 0.484 e. The van der Waals surface area contributed by atoms with E-state index in [1.54, 1.807) is 0 Å². The van der Waals surface area contributed by atoms with Gasteiger partial charge in [0, 0.05) is 5.56 Å². The molecular weight excluding hydrogens is 318 g/mol. The number of nitrogens with one attached hydrogen (secondary N) is 1. The molecule has 0 atom stereocenters. The Balaban J connectivity index is 1.55. The summed E-state index contributed by atoms with van der Waals surface area (Å²) >= 11 is 0. The van der Waals surface area contributed by atoms with Crippen LogP contribution in [-0.4, -0.2) is 22.7 Å². The van der Waals surface area contributed by atoms with Crippen molar-refractivity contribution in [3.8, 4) is 17.2 Å². The summed E-state index contributed by atoms with van der Waals surface area (Å²) in [6.07, 6.45) is 0.960. The van der Waals surface area contributed by atoms with E-state index in [-0.39, 0.29) is 18.5 Å². The van der Waals surface area contributed by atoms with Gasteiger partial charge in [-0.25, -0.2) is 0 Å². The Kier molecular flexibility index (Phi) is 5.09. The lowest BCUT2D eigenvalue weighted by molar-refractivity contribution is -0.118. The highest BCUT2D eigenvalue weighted by molar-refractivity contribution is 5.90. The zero-order chi connectivity index (χ0) is 17.6. The van der Waals surface area contributed by atoms with Crippen LogP contribution < -0.4 is 10.1 Å². The Hall–Kier alpha value is -3.15. The fourth-order valence-electron chi connectivity index (χ4n) is 2.22. The monoisotopic (exact) mass is 337 g/mol. The second kappa shape index (κ2) is 7.61. The summed E-state index contributed by atoms with van der Waals surface area (Å²) in [7, 11) is 0. The standard InChI is InChI=1S/C19H19N3O3/c1-3-14-6-10-16(11-7-14)24-12-17(23)20-19-21-18(25-22-19)15-8-4-13(2)5-9-15/h4-11H,3,12H2,1-2H3,(H,20,22,23). The van der Waals surface area contributed by atoms with Crippen molar-refractivity contribution in [2.24, 2.45) is 0 Å². The van der Waals surface area contributed by atoms with Crippen LogP contribution in [0, 0.1) is 6.92 Å². The smallest absolute Gasteiger partial charge is 0.270 e. The predicted molar refractivity (Wildman–Crippen MR) is 94.4 cm³/mol. The van der Waals surface area contributed by atoms with Crippen molar-refractivity contribution >= 4 is 11.9 Å². The molecule has 0 saturated carbocycles. The van der Waals surface area contributed by atoms with Crippen LogP contribution in [0.25, 0.3) is 11.5 Å². The molecular formula is C19H19N3O3. The van der Waals surface area contributed by atoms with Crippen LogP contribution in [-0.2, 0) is 11.2 Å². The first kappa shape index (κ1) is 16.7. The molecule has 0 spiro atoms. The lowest BCUT2D eigenvalue weighted by atomic mass is 10.1. The van der Waals surface area contributed by atoms with Gasteiger partial charge in [0.2, 0.25) is 0 Å². The van der Waals surface area contributed by atoms with Crippen molar-refractivity contribution in [3.63, 3.8) is 0 Å². The zero-order valence-corrected chi connectivity index (χ0v) is 14.2. The van der Waals surface area contributed by atoms with Gasteiger partial charge in [-0.3, -0.25) is 10.1 Å². The van der Waals surface area contributed by atoms with Gasteiger partial charge < -0.3 is 9.26 Å². The fraction of sp³-hybridized carbons (Fsp3) is 0.211. The Morgan fingerprint density at radius 2 is 1.84 bits per heavy atom. The molecule has 25 heavy (non-hydrogen) atoms. The number of ether oxygens (including phenoxy) is 1. The lowest BCUT2D eigenvalue weighted by Gasteiger charge is -2.05. The lowest BCUT2D eigenvalue weighted by Crippen LogP contribution is -2.20. The average molecular weight is 337 g/mol. The molecule has 0 fully saturated rings. The maximum atomic E-state index is 11.9. The molecule has 0 aliphatic heterocycles.